The maximum atomic E-state index is 12.1. The number of benzene rings is 1. The van der Waals surface area contributed by atoms with Crippen LogP contribution in [0.25, 0.3) is 10.9 Å². The summed E-state index contributed by atoms with van der Waals surface area (Å²) >= 11 is 3.45. The first-order chi connectivity index (χ1) is 17.0. The molecule has 1 aromatic carbocycles. The topological polar surface area (TPSA) is 62.7 Å². The van der Waals surface area contributed by atoms with Gasteiger partial charge in [-0.2, -0.15) is 0 Å². The van der Waals surface area contributed by atoms with E-state index in [1.165, 1.54) is 5.56 Å². The highest BCUT2D eigenvalue weighted by atomic mass is 32.2. The largest absolute Gasteiger partial charge is 0.497 e. The van der Waals surface area contributed by atoms with Crippen molar-refractivity contribution in [3.63, 3.8) is 0 Å². The molecule has 1 saturated heterocycles. The van der Waals surface area contributed by atoms with Gasteiger partial charge in [0.25, 0.3) is 0 Å². The first-order valence-corrected chi connectivity index (χ1v) is 14.4. The van der Waals surface area contributed by atoms with E-state index in [2.05, 4.69) is 40.9 Å². The predicted octanol–water partition coefficient (Wildman–Crippen LogP) is 6.84. The lowest BCUT2D eigenvalue weighted by Gasteiger charge is -2.36. The van der Waals surface area contributed by atoms with Gasteiger partial charge in [0.05, 0.1) is 18.5 Å². The predicted molar refractivity (Wildman–Crippen MR) is 150 cm³/mol. The number of thioether (sulfide) groups is 2. The van der Waals surface area contributed by atoms with Crippen LogP contribution in [0.2, 0.25) is 0 Å². The van der Waals surface area contributed by atoms with E-state index in [0.717, 1.165) is 78.3 Å². The summed E-state index contributed by atoms with van der Waals surface area (Å²) in [6.07, 6.45) is 10.1. The van der Waals surface area contributed by atoms with E-state index in [-0.39, 0.29) is 11.8 Å². The Morgan fingerprint density at radius 1 is 1.37 bits per heavy atom. The van der Waals surface area contributed by atoms with Crippen LogP contribution >= 0.6 is 23.5 Å². The molecule has 2 heterocycles. The number of unbranched alkanes of at least 4 members (excludes halogenated alkanes) is 1. The molecule has 35 heavy (non-hydrogen) atoms. The number of aliphatic carboxylic acids is 1. The van der Waals surface area contributed by atoms with E-state index in [1.807, 2.05) is 24.4 Å². The highest BCUT2D eigenvalue weighted by molar-refractivity contribution is 8.23. The number of carboxylic acids is 1. The molecule has 2 atom stereocenters. The third-order valence-electron chi connectivity index (χ3n) is 6.64. The minimum Gasteiger partial charge on any atom is -0.497 e. The van der Waals surface area contributed by atoms with Crippen LogP contribution < -0.4 is 4.74 Å². The van der Waals surface area contributed by atoms with Gasteiger partial charge in [-0.05, 0) is 79.8 Å². The van der Waals surface area contributed by atoms with Gasteiger partial charge in [0, 0.05) is 34.7 Å². The van der Waals surface area contributed by atoms with Crippen LogP contribution in [0.1, 0.15) is 44.6 Å². The van der Waals surface area contributed by atoms with Crippen molar-refractivity contribution in [1.29, 1.82) is 0 Å². The highest BCUT2D eigenvalue weighted by Gasteiger charge is 2.33. The van der Waals surface area contributed by atoms with Gasteiger partial charge in [0.1, 0.15) is 5.75 Å². The molecular formula is C28H38N2O3S2. The number of nitrogens with zero attached hydrogens (tertiary/aromatic N) is 2. The summed E-state index contributed by atoms with van der Waals surface area (Å²) < 4.78 is 6.49. The molecule has 2 unspecified atom stereocenters. The van der Waals surface area contributed by atoms with Gasteiger partial charge in [-0.1, -0.05) is 37.8 Å². The fourth-order valence-electron chi connectivity index (χ4n) is 4.66. The number of rotatable bonds is 14. The summed E-state index contributed by atoms with van der Waals surface area (Å²) in [5, 5.41) is 13.2. The molecule has 0 saturated carbocycles. The minimum absolute atomic E-state index is 0.230. The number of aryl methyl sites for hydroxylation is 1. The van der Waals surface area contributed by atoms with E-state index in [4.69, 9.17) is 4.74 Å². The molecule has 1 N–H and O–H groups in total. The summed E-state index contributed by atoms with van der Waals surface area (Å²) in [5.41, 5.74) is 2.22. The molecule has 0 amide bonds. The maximum Gasteiger partial charge on any atom is 0.308 e. The van der Waals surface area contributed by atoms with Crippen LogP contribution in [0.4, 0.5) is 0 Å². The highest BCUT2D eigenvalue weighted by Crippen LogP contribution is 2.31. The Bertz CT molecular complexity index is 1010. The molecular weight excluding hydrogens is 476 g/mol. The normalized spacial score (nSPS) is 18.8. The quantitative estimate of drug-likeness (QED) is 0.296. The lowest BCUT2D eigenvalue weighted by molar-refractivity contribution is -0.146. The van der Waals surface area contributed by atoms with Crippen LogP contribution in [-0.2, 0) is 11.2 Å². The number of carboxylic acid groups (broad SMARTS) is 1. The Morgan fingerprint density at radius 3 is 3.00 bits per heavy atom. The van der Waals surface area contributed by atoms with Crippen LogP contribution in [0.15, 0.2) is 52.8 Å². The summed E-state index contributed by atoms with van der Waals surface area (Å²) in [4.78, 5) is 18.8. The molecule has 1 aliphatic rings. The SMILES string of the molecule is C=C(S/C=C\CCC)SCCN1CCC(CCCc2ccnc3ccc(OC)cc23)C(C(=O)O)C1. The van der Waals surface area contributed by atoms with Gasteiger partial charge in [0.15, 0.2) is 0 Å². The van der Waals surface area contributed by atoms with Crippen molar-refractivity contribution in [3.05, 3.63) is 58.3 Å². The molecule has 190 valence electrons. The van der Waals surface area contributed by atoms with Crippen LogP contribution in [0.5, 0.6) is 5.75 Å². The number of fused-ring (bicyclic) bond motifs is 1. The van der Waals surface area contributed by atoms with Crippen molar-refractivity contribution < 1.29 is 14.6 Å². The second kappa shape index (κ2) is 14.6. The maximum absolute atomic E-state index is 12.1. The van der Waals surface area contributed by atoms with E-state index < -0.39 is 5.97 Å². The molecule has 0 radical (unpaired) electrons. The van der Waals surface area contributed by atoms with E-state index >= 15 is 0 Å². The van der Waals surface area contributed by atoms with Crippen LogP contribution in [0.3, 0.4) is 0 Å². The molecule has 3 rings (SSSR count). The zero-order valence-electron chi connectivity index (χ0n) is 20.9. The number of allylic oxidation sites excluding steroid dienone is 1. The average molecular weight is 515 g/mol. The molecule has 7 heteroatoms. The van der Waals surface area contributed by atoms with Crippen molar-refractivity contribution in [1.82, 2.24) is 9.88 Å². The molecule has 1 aromatic heterocycles. The smallest absolute Gasteiger partial charge is 0.308 e. The molecule has 0 spiro atoms. The standard InChI is InChI=1S/C28H38N2O3S2/c1-4-5-6-17-34-21(2)35-18-16-30-15-13-23(26(20-30)28(31)32)9-7-8-22-12-14-29-27-11-10-24(33-3)19-25(22)27/h6,10-12,14,17,19,23,26H,2,4-5,7-9,13,15-16,18,20H2,1,3H3,(H,31,32)/b17-6-. The van der Waals surface area contributed by atoms with Gasteiger partial charge in [-0.25, -0.2) is 0 Å². The number of hydrogen-bond donors (Lipinski definition) is 1. The zero-order valence-corrected chi connectivity index (χ0v) is 22.6. The summed E-state index contributed by atoms with van der Waals surface area (Å²) in [7, 11) is 1.68. The first kappa shape index (κ1) is 27.6. The third kappa shape index (κ3) is 8.58. The number of pyridine rings is 1. The number of hydrogen-bond acceptors (Lipinski definition) is 6. The van der Waals surface area contributed by atoms with Crippen molar-refractivity contribution in [2.24, 2.45) is 11.8 Å². The number of ether oxygens (including phenoxy) is 1. The molecule has 1 aliphatic heterocycles. The Morgan fingerprint density at radius 2 is 2.23 bits per heavy atom. The molecule has 0 aliphatic carbocycles. The molecule has 0 bridgehead atoms. The van der Waals surface area contributed by atoms with Gasteiger partial charge in [-0.15, -0.1) is 11.8 Å². The second-order valence-corrected chi connectivity index (χ2v) is 11.5. The minimum atomic E-state index is -0.660. The average Bonchev–Trinajstić information content (AvgIpc) is 2.87. The number of piperidine rings is 1. The van der Waals surface area contributed by atoms with E-state index in [1.54, 1.807) is 30.6 Å². The Labute approximate surface area is 218 Å². The molecule has 5 nitrogen and oxygen atoms in total. The van der Waals surface area contributed by atoms with Crippen molar-refractivity contribution in [2.45, 2.75) is 45.4 Å². The van der Waals surface area contributed by atoms with Gasteiger partial charge >= 0.3 is 5.97 Å². The fraction of sp³-hybridized carbons (Fsp3) is 0.500. The van der Waals surface area contributed by atoms with E-state index in [0.29, 0.717) is 6.54 Å². The van der Waals surface area contributed by atoms with Gasteiger partial charge in [0.2, 0.25) is 0 Å². The molecule has 1 fully saturated rings. The second-order valence-electron chi connectivity index (χ2n) is 9.04. The monoisotopic (exact) mass is 514 g/mol. The van der Waals surface area contributed by atoms with E-state index in [9.17, 15) is 9.90 Å². The van der Waals surface area contributed by atoms with Crippen molar-refractivity contribution in [2.75, 3.05) is 32.5 Å². The zero-order chi connectivity index (χ0) is 25.0. The van der Waals surface area contributed by atoms with Crippen LogP contribution in [0, 0.1) is 11.8 Å². The summed E-state index contributed by atoms with van der Waals surface area (Å²) in [5.74, 6) is 1.06. The molecule has 2 aromatic rings. The Balaban J connectivity index is 1.46. The van der Waals surface area contributed by atoms with Crippen LogP contribution in [-0.4, -0.2) is 53.5 Å². The van der Waals surface area contributed by atoms with Gasteiger partial charge in [-0.3, -0.25) is 9.78 Å². The Hall–Kier alpha value is -1.96. The summed E-state index contributed by atoms with van der Waals surface area (Å²) in [6, 6.07) is 8.04. The van der Waals surface area contributed by atoms with Crippen molar-refractivity contribution >= 4 is 40.4 Å². The lowest BCUT2D eigenvalue weighted by atomic mass is 9.81. The van der Waals surface area contributed by atoms with Gasteiger partial charge < -0.3 is 14.7 Å². The Kier molecular flexibility index (Phi) is 11.5. The number of likely N-dealkylation sites (tertiary alicyclic amines) is 1. The van der Waals surface area contributed by atoms with Crippen molar-refractivity contribution in [3.8, 4) is 5.75 Å². The third-order valence-corrected chi connectivity index (χ3v) is 8.58. The lowest BCUT2D eigenvalue weighted by Crippen LogP contribution is -2.44. The number of carbonyl (C=O) groups is 1. The number of methoxy groups -OCH3 is 1. The summed E-state index contributed by atoms with van der Waals surface area (Å²) in [6.45, 7) is 8.83. The fourth-order valence-corrected chi connectivity index (χ4v) is 6.31. The number of aromatic nitrogens is 1. The first-order valence-electron chi connectivity index (χ1n) is 12.5.